The van der Waals surface area contributed by atoms with E-state index in [-0.39, 0.29) is 5.82 Å². The average molecular weight is 270 g/mol. The first-order chi connectivity index (χ1) is 9.04. The minimum atomic E-state index is -0.747. The molecule has 0 atom stereocenters. The van der Waals surface area contributed by atoms with Gasteiger partial charge in [-0.1, -0.05) is 26.2 Å². The number of hydrogen-bond donors (Lipinski definition) is 2. The summed E-state index contributed by atoms with van der Waals surface area (Å²) in [6.45, 7) is 2.61. The maximum Gasteiger partial charge on any atom is 0.349 e. The number of unbranched alkanes of at least 4 members (excludes halogenated alkanes) is 3. The third-order valence-electron chi connectivity index (χ3n) is 2.59. The molecule has 0 radical (unpaired) electrons. The number of nitrogens with zero attached hydrogens (tertiary/aromatic N) is 2. The lowest BCUT2D eigenvalue weighted by Gasteiger charge is -2.07. The molecule has 19 heavy (non-hydrogen) atoms. The summed E-state index contributed by atoms with van der Waals surface area (Å²) in [7, 11) is 1.38. The van der Waals surface area contributed by atoms with Gasteiger partial charge in [-0.2, -0.15) is 4.98 Å². The Balaban J connectivity index is 2.44. The number of amides is 2. The number of aromatic nitrogens is 2. The molecule has 1 aromatic rings. The molecular formula is C12H19FN4O2. The number of halogens is 1. The molecule has 7 heteroatoms. The van der Waals surface area contributed by atoms with E-state index in [0.717, 1.165) is 36.4 Å². The molecule has 0 aliphatic heterocycles. The quantitative estimate of drug-likeness (QED) is 0.771. The van der Waals surface area contributed by atoms with Gasteiger partial charge in [0.1, 0.15) is 0 Å². The number of anilines is 1. The van der Waals surface area contributed by atoms with Gasteiger partial charge < -0.3 is 5.32 Å². The zero-order valence-electron chi connectivity index (χ0n) is 11.2. The Kier molecular flexibility index (Phi) is 5.98. The fourth-order valence-electron chi connectivity index (χ4n) is 1.51. The Bertz CT molecular complexity index is 487. The van der Waals surface area contributed by atoms with Crippen LogP contribution in [0.3, 0.4) is 0 Å². The largest absolute Gasteiger partial charge is 0.349 e. The van der Waals surface area contributed by atoms with Crippen molar-refractivity contribution in [1.29, 1.82) is 0 Å². The number of hydrogen-bond acceptors (Lipinski definition) is 3. The third-order valence-corrected chi connectivity index (χ3v) is 2.59. The maximum absolute atomic E-state index is 13.4. The van der Waals surface area contributed by atoms with Crippen molar-refractivity contribution in [2.24, 2.45) is 7.05 Å². The van der Waals surface area contributed by atoms with Gasteiger partial charge >= 0.3 is 11.7 Å². The van der Waals surface area contributed by atoms with Crippen LogP contribution >= 0.6 is 0 Å². The van der Waals surface area contributed by atoms with E-state index in [0.29, 0.717) is 6.54 Å². The highest BCUT2D eigenvalue weighted by Gasteiger charge is 2.09. The molecule has 2 amide bonds. The van der Waals surface area contributed by atoms with E-state index in [2.05, 4.69) is 22.5 Å². The lowest BCUT2D eigenvalue weighted by Crippen LogP contribution is -2.32. The van der Waals surface area contributed by atoms with E-state index in [1.165, 1.54) is 7.05 Å². The molecule has 0 spiro atoms. The summed E-state index contributed by atoms with van der Waals surface area (Å²) >= 11 is 0. The highest BCUT2D eigenvalue weighted by molar-refractivity contribution is 5.88. The Labute approximate surface area is 111 Å². The molecule has 0 fully saturated rings. The number of rotatable bonds is 6. The zero-order valence-corrected chi connectivity index (χ0v) is 11.2. The Morgan fingerprint density at radius 3 is 2.84 bits per heavy atom. The van der Waals surface area contributed by atoms with Gasteiger partial charge in [0.15, 0.2) is 11.6 Å². The van der Waals surface area contributed by atoms with Crippen LogP contribution in [0.1, 0.15) is 32.6 Å². The second-order valence-corrected chi connectivity index (χ2v) is 4.27. The molecule has 1 rings (SSSR count). The monoisotopic (exact) mass is 270 g/mol. The molecule has 0 saturated carbocycles. The summed E-state index contributed by atoms with van der Waals surface area (Å²) in [6, 6.07) is -0.559. The molecule has 0 aliphatic rings. The average Bonchev–Trinajstić information content (AvgIpc) is 2.35. The van der Waals surface area contributed by atoms with Crippen LogP contribution in [0, 0.1) is 5.82 Å². The minimum Gasteiger partial charge on any atom is -0.338 e. The Hall–Kier alpha value is -1.92. The first-order valence-corrected chi connectivity index (χ1v) is 6.32. The molecular weight excluding hydrogens is 251 g/mol. The summed E-state index contributed by atoms with van der Waals surface area (Å²) < 4.78 is 14.4. The third kappa shape index (κ3) is 5.07. The molecule has 0 aromatic carbocycles. The lowest BCUT2D eigenvalue weighted by atomic mass is 10.2. The molecule has 1 heterocycles. The summed E-state index contributed by atoms with van der Waals surface area (Å²) in [5.74, 6) is -1.10. The van der Waals surface area contributed by atoms with Crippen molar-refractivity contribution < 1.29 is 9.18 Å². The van der Waals surface area contributed by atoms with Crippen molar-refractivity contribution in [3.63, 3.8) is 0 Å². The van der Waals surface area contributed by atoms with Crippen molar-refractivity contribution in [2.45, 2.75) is 32.6 Å². The minimum absolute atomic E-state index is 0.353. The highest BCUT2D eigenvalue weighted by atomic mass is 19.1. The van der Waals surface area contributed by atoms with Gasteiger partial charge in [0.25, 0.3) is 0 Å². The van der Waals surface area contributed by atoms with Crippen LogP contribution in [0.15, 0.2) is 11.0 Å². The van der Waals surface area contributed by atoms with Crippen LogP contribution in [-0.4, -0.2) is 22.1 Å². The zero-order chi connectivity index (χ0) is 14.3. The van der Waals surface area contributed by atoms with E-state index in [1.54, 1.807) is 0 Å². The summed E-state index contributed by atoms with van der Waals surface area (Å²) in [4.78, 5) is 26.1. The van der Waals surface area contributed by atoms with Gasteiger partial charge in [-0.3, -0.25) is 9.88 Å². The molecule has 106 valence electrons. The summed E-state index contributed by atoms with van der Waals surface area (Å²) in [5.41, 5.74) is -0.625. The maximum atomic E-state index is 13.4. The molecule has 0 aliphatic carbocycles. The van der Waals surface area contributed by atoms with Crippen LogP contribution < -0.4 is 16.3 Å². The van der Waals surface area contributed by atoms with Crippen LogP contribution in [-0.2, 0) is 7.05 Å². The molecule has 1 aromatic heterocycles. The van der Waals surface area contributed by atoms with Crippen molar-refractivity contribution >= 4 is 11.8 Å². The van der Waals surface area contributed by atoms with Crippen molar-refractivity contribution in [1.82, 2.24) is 14.9 Å². The van der Waals surface area contributed by atoms with E-state index in [1.807, 2.05) is 0 Å². The lowest BCUT2D eigenvalue weighted by molar-refractivity contribution is 0.251. The molecule has 0 saturated heterocycles. The van der Waals surface area contributed by atoms with Crippen LogP contribution in [0.25, 0.3) is 0 Å². The van der Waals surface area contributed by atoms with E-state index in [4.69, 9.17) is 0 Å². The van der Waals surface area contributed by atoms with E-state index >= 15 is 0 Å². The smallest absolute Gasteiger partial charge is 0.338 e. The first kappa shape index (κ1) is 15.1. The molecule has 6 nitrogen and oxygen atoms in total. The number of carbonyl (C=O) groups is 1. The van der Waals surface area contributed by atoms with Gasteiger partial charge in [-0.05, 0) is 6.42 Å². The standard InChI is InChI=1S/C12H19FN4O2/c1-3-4-5-6-7-14-11(18)15-10-9(13)8-17(2)12(19)16-10/h8H,3-7H2,1-2H3,(H2,14,15,16,18,19). The number of carbonyl (C=O) groups excluding carboxylic acids is 1. The first-order valence-electron chi connectivity index (χ1n) is 6.32. The van der Waals surface area contributed by atoms with Crippen LogP contribution in [0.4, 0.5) is 15.0 Å². The van der Waals surface area contributed by atoms with Crippen molar-refractivity contribution in [2.75, 3.05) is 11.9 Å². The van der Waals surface area contributed by atoms with E-state index in [9.17, 15) is 14.0 Å². The predicted octanol–water partition coefficient (Wildman–Crippen LogP) is 1.62. The fourth-order valence-corrected chi connectivity index (χ4v) is 1.51. The number of nitrogens with one attached hydrogen (secondary N) is 2. The fraction of sp³-hybridized carbons (Fsp3) is 0.583. The second-order valence-electron chi connectivity index (χ2n) is 4.27. The van der Waals surface area contributed by atoms with Crippen LogP contribution in [0.5, 0.6) is 0 Å². The van der Waals surface area contributed by atoms with Gasteiger partial charge in [-0.25, -0.2) is 14.0 Å². The topological polar surface area (TPSA) is 76.0 Å². The van der Waals surface area contributed by atoms with Crippen molar-refractivity contribution in [3.8, 4) is 0 Å². The second kappa shape index (κ2) is 7.50. The highest BCUT2D eigenvalue weighted by Crippen LogP contribution is 2.05. The summed E-state index contributed by atoms with van der Waals surface area (Å²) in [5, 5.41) is 4.81. The molecule has 0 unspecified atom stereocenters. The van der Waals surface area contributed by atoms with Crippen molar-refractivity contribution in [3.05, 3.63) is 22.5 Å². The summed E-state index contributed by atoms with van der Waals surface area (Å²) in [6.07, 6.45) is 5.12. The van der Waals surface area contributed by atoms with Gasteiger partial charge in [0.2, 0.25) is 0 Å². The van der Waals surface area contributed by atoms with Gasteiger partial charge in [0, 0.05) is 19.8 Å². The SMILES string of the molecule is CCCCCCNC(=O)Nc1nc(=O)n(C)cc1F. The molecule has 2 N–H and O–H groups in total. The normalized spacial score (nSPS) is 10.3. The van der Waals surface area contributed by atoms with Gasteiger partial charge in [0.05, 0.1) is 0 Å². The Morgan fingerprint density at radius 1 is 1.42 bits per heavy atom. The predicted molar refractivity (Wildman–Crippen MR) is 70.6 cm³/mol. The van der Waals surface area contributed by atoms with Gasteiger partial charge in [-0.15, -0.1) is 0 Å². The van der Waals surface area contributed by atoms with E-state index < -0.39 is 17.5 Å². The molecule has 0 bridgehead atoms. The number of aryl methyl sites for hydroxylation is 1. The Morgan fingerprint density at radius 2 is 2.16 bits per heavy atom. The number of urea groups is 1. The van der Waals surface area contributed by atoms with Crippen LogP contribution in [0.2, 0.25) is 0 Å².